The molecule has 0 spiro atoms. The highest BCUT2D eigenvalue weighted by Crippen LogP contribution is 1.96. The van der Waals surface area contributed by atoms with Gasteiger partial charge < -0.3 is 4.42 Å². The summed E-state index contributed by atoms with van der Waals surface area (Å²) in [7, 11) is 0. The van der Waals surface area contributed by atoms with E-state index in [4.69, 9.17) is 4.42 Å². The Morgan fingerprint density at radius 3 is 2.00 bits per heavy atom. The fourth-order valence-corrected chi connectivity index (χ4v) is 1.07. The van der Waals surface area contributed by atoms with Crippen LogP contribution in [-0.4, -0.2) is 0 Å². The van der Waals surface area contributed by atoms with Crippen molar-refractivity contribution in [1.29, 1.82) is 0 Å². The van der Waals surface area contributed by atoms with Crippen LogP contribution in [0.2, 0.25) is 0 Å². The van der Waals surface area contributed by atoms with Gasteiger partial charge in [0.2, 0.25) is 0 Å². The van der Waals surface area contributed by atoms with Gasteiger partial charge in [0.1, 0.15) is 5.76 Å². The molecule has 0 amide bonds. The van der Waals surface area contributed by atoms with Gasteiger partial charge in [0, 0.05) is 0 Å². The monoisotopic (exact) mass is 188 g/mol. The maximum absolute atomic E-state index is 4.83. The number of benzene rings is 1. The molecule has 1 nitrogen and oxygen atoms in total. The largest absolute Gasteiger partial charge is 0.470 e. The Hall–Kier alpha value is -1.50. The van der Waals surface area contributed by atoms with Gasteiger partial charge in [-0.25, -0.2) is 0 Å². The van der Waals surface area contributed by atoms with Crippen LogP contribution in [-0.2, 0) is 6.42 Å². The molecule has 0 saturated carbocycles. The van der Waals surface area contributed by atoms with Crippen molar-refractivity contribution >= 4 is 0 Å². The predicted molar refractivity (Wildman–Crippen MR) is 59.3 cm³/mol. The maximum atomic E-state index is 4.83. The molecular weight excluding hydrogens is 172 g/mol. The lowest BCUT2D eigenvalue weighted by atomic mass is 10.2. The van der Waals surface area contributed by atoms with Crippen LogP contribution in [0, 0.1) is 6.92 Å². The highest BCUT2D eigenvalue weighted by Gasteiger charge is 1.80. The van der Waals surface area contributed by atoms with Gasteiger partial charge in [-0.2, -0.15) is 0 Å². The summed E-state index contributed by atoms with van der Waals surface area (Å²) < 4.78 is 4.83. The fourth-order valence-electron chi connectivity index (χ4n) is 1.07. The molecule has 0 saturated heterocycles. The van der Waals surface area contributed by atoms with Crippen LogP contribution < -0.4 is 0 Å². The molecular formula is C13H16O. The third-order valence-electron chi connectivity index (χ3n) is 1.91. The van der Waals surface area contributed by atoms with Gasteiger partial charge >= 0.3 is 0 Å². The molecule has 0 radical (unpaired) electrons. The molecule has 0 aliphatic heterocycles. The molecule has 0 fully saturated rings. The Balaban J connectivity index is 0.000000146. The summed E-state index contributed by atoms with van der Waals surface area (Å²) in [6, 6.07) is 14.2. The zero-order chi connectivity index (χ0) is 10.2. The minimum atomic E-state index is 0.968. The Bertz CT molecular complexity index is 321. The van der Waals surface area contributed by atoms with Crippen molar-refractivity contribution in [2.75, 3.05) is 0 Å². The topological polar surface area (TPSA) is 13.1 Å². The van der Waals surface area contributed by atoms with Gasteiger partial charge in [-0.15, -0.1) is 0 Å². The highest BCUT2D eigenvalue weighted by molar-refractivity contribution is 5.13. The van der Waals surface area contributed by atoms with Crippen LogP contribution >= 0.6 is 0 Å². The first-order valence-electron chi connectivity index (χ1n) is 4.87. The van der Waals surface area contributed by atoms with Gasteiger partial charge in [-0.3, -0.25) is 0 Å². The van der Waals surface area contributed by atoms with Crippen molar-refractivity contribution in [2.24, 2.45) is 0 Å². The minimum Gasteiger partial charge on any atom is -0.470 e. The lowest BCUT2D eigenvalue weighted by molar-refractivity contribution is 0.534. The van der Waals surface area contributed by atoms with E-state index in [1.165, 1.54) is 5.56 Å². The summed E-state index contributed by atoms with van der Waals surface area (Å²) in [5.41, 5.74) is 1.41. The van der Waals surface area contributed by atoms with Crippen LogP contribution in [0.3, 0.4) is 0 Å². The van der Waals surface area contributed by atoms with E-state index in [0.717, 1.165) is 12.2 Å². The molecule has 0 N–H and O–H groups in total. The lowest BCUT2D eigenvalue weighted by Crippen LogP contribution is -1.73. The Morgan fingerprint density at radius 2 is 1.71 bits per heavy atom. The molecule has 0 atom stereocenters. The van der Waals surface area contributed by atoms with Crippen molar-refractivity contribution in [3.63, 3.8) is 0 Å². The van der Waals surface area contributed by atoms with E-state index in [1.54, 1.807) is 6.26 Å². The number of rotatable bonds is 1. The van der Waals surface area contributed by atoms with Crippen LogP contribution in [0.1, 0.15) is 18.2 Å². The average Bonchev–Trinajstić information content (AvgIpc) is 2.71. The summed E-state index contributed by atoms with van der Waals surface area (Å²) in [5, 5.41) is 0. The summed E-state index contributed by atoms with van der Waals surface area (Å²) in [5.74, 6) is 0.968. The lowest BCUT2D eigenvalue weighted by Gasteiger charge is -1.89. The molecule has 0 aliphatic carbocycles. The van der Waals surface area contributed by atoms with Gasteiger partial charge in [-0.1, -0.05) is 37.3 Å². The average molecular weight is 188 g/mol. The van der Waals surface area contributed by atoms with Gasteiger partial charge in [0.15, 0.2) is 0 Å². The van der Waals surface area contributed by atoms with Crippen molar-refractivity contribution in [2.45, 2.75) is 20.3 Å². The van der Waals surface area contributed by atoms with E-state index in [9.17, 15) is 0 Å². The number of hydrogen-bond donors (Lipinski definition) is 0. The van der Waals surface area contributed by atoms with Gasteiger partial charge in [0.05, 0.1) is 6.26 Å². The second kappa shape index (κ2) is 6.03. The Kier molecular flexibility index (Phi) is 4.56. The van der Waals surface area contributed by atoms with Crippen LogP contribution in [0.4, 0.5) is 0 Å². The summed E-state index contributed by atoms with van der Waals surface area (Å²) >= 11 is 0. The van der Waals surface area contributed by atoms with E-state index < -0.39 is 0 Å². The highest BCUT2D eigenvalue weighted by atomic mass is 16.3. The van der Waals surface area contributed by atoms with Crippen LogP contribution in [0.25, 0.3) is 0 Å². The first kappa shape index (κ1) is 10.6. The summed E-state index contributed by atoms with van der Waals surface area (Å²) in [6.45, 7) is 4.08. The predicted octanol–water partition coefficient (Wildman–Crippen LogP) is 3.84. The molecule has 14 heavy (non-hydrogen) atoms. The fraction of sp³-hybridized carbons (Fsp3) is 0.231. The van der Waals surface area contributed by atoms with Crippen LogP contribution in [0.5, 0.6) is 0 Å². The second-order valence-electron chi connectivity index (χ2n) is 3.06. The third-order valence-corrected chi connectivity index (χ3v) is 1.91. The Labute approximate surface area is 85.4 Å². The molecule has 1 heterocycles. The first-order valence-corrected chi connectivity index (χ1v) is 4.87. The molecule has 1 aromatic heterocycles. The van der Waals surface area contributed by atoms with Crippen molar-refractivity contribution in [1.82, 2.24) is 0 Å². The van der Waals surface area contributed by atoms with E-state index in [2.05, 4.69) is 31.2 Å². The molecule has 0 aliphatic rings. The summed E-state index contributed by atoms with van der Waals surface area (Å²) in [4.78, 5) is 0. The first-order chi connectivity index (χ1) is 6.83. The standard InChI is InChI=1S/C8H10.C5H6O/c1-2-8-6-4-3-5-7-8;1-5-3-2-4-6-5/h3-7H,2H2,1H3;2-4H,1H3. The number of aryl methyl sites for hydroxylation is 2. The van der Waals surface area contributed by atoms with E-state index in [1.807, 2.05) is 25.1 Å². The molecule has 1 heteroatoms. The second-order valence-corrected chi connectivity index (χ2v) is 3.06. The maximum Gasteiger partial charge on any atom is 0.100 e. The number of furan rings is 1. The zero-order valence-corrected chi connectivity index (χ0v) is 8.73. The normalized spacial score (nSPS) is 9.00. The smallest absolute Gasteiger partial charge is 0.100 e. The third kappa shape index (κ3) is 3.94. The molecule has 74 valence electrons. The van der Waals surface area contributed by atoms with E-state index >= 15 is 0 Å². The summed E-state index contributed by atoms with van der Waals surface area (Å²) in [6.07, 6.45) is 2.80. The van der Waals surface area contributed by atoms with Crippen molar-refractivity contribution < 1.29 is 4.42 Å². The molecule has 2 rings (SSSR count). The van der Waals surface area contributed by atoms with Crippen LogP contribution in [0.15, 0.2) is 53.1 Å². The Morgan fingerprint density at radius 1 is 1.00 bits per heavy atom. The van der Waals surface area contributed by atoms with Crippen molar-refractivity contribution in [3.05, 3.63) is 60.1 Å². The van der Waals surface area contributed by atoms with Crippen molar-refractivity contribution in [3.8, 4) is 0 Å². The minimum absolute atomic E-state index is 0.968. The molecule has 2 aromatic rings. The quantitative estimate of drug-likeness (QED) is 0.662. The SMILES string of the molecule is CCc1ccccc1.Cc1ccco1. The molecule has 0 bridgehead atoms. The van der Waals surface area contributed by atoms with E-state index in [0.29, 0.717) is 0 Å². The number of hydrogen-bond acceptors (Lipinski definition) is 1. The van der Waals surface area contributed by atoms with E-state index in [-0.39, 0.29) is 0 Å². The zero-order valence-electron chi connectivity index (χ0n) is 8.73. The molecule has 1 aromatic carbocycles. The van der Waals surface area contributed by atoms with Gasteiger partial charge in [-0.05, 0) is 31.0 Å². The van der Waals surface area contributed by atoms with Gasteiger partial charge in [0.25, 0.3) is 0 Å². The molecule has 0 unspecified atom stereocenters.